The zero-order valence-electron chi connectivity index (χ0n) is 14.3. The maximum atomic E-state index is 13.3. The van der Waals surface area contributed by atoms with Crippen molar-refractivity contribution in [2.24, 2.45) is 0 Å². The molecule has 9 heteroatoms. The molecular formula is C19H13F2N5OS. The second-order valence-corrected chi connectivity index (χ2v) is 6.98. The molecule has 0 aliphatic rings. The highest BCUT2D eigenvalue weighted by molar-refractivity contribution is 7.15. The number of carbonyl (C=O) groups excluding carboxylic acids is 1. The summed E-state index contributed by atoms with van der Waals surface area (Å²) in [5.74, 6) is -1.51. The number of benzene rings is 1. The van der Waals surface area contributed by atoms with Crippen LogP contribution >= 0.6 is 11.3 Å². The van der Waals surface area contributed by atoms with Gasteiger partial charge >= 0.3 is 0 Å². The third-order valence-electron chi connectivity index (χ3n) is 3.89. The molecule has 3 aromatic heterocycles. The number of rotatable bonds is 5. The van der Waals surface area contributed by atoms with Crippen LogP contribution in [-0.2, 0) is 6.42 Å². The molecule has 0 atom stereocenters. The van der Waals surface area contributed by atoms with E-state index in [2.05, 4.69) is 20.4 Å². The molecule has 140 valence electrons. The van der Waals surface area contributed by atoms with E-state index < -0.39 is 11.6 Å². The quantitative estimate of drug-likeness (QED) is 0.555. The number of pyridine rings is 1. The Hall–Kier alpha value is -3.46. The number of aromatic nitrogens is 4. The summed E-state index contributed by atoms with van der Waals surface area (Å²) >= 11 is 1.27. The summed E-state index contributed by atoms with van der Waals surface area (Å²) in [6.45, 7) is 0. The fourth-order valence-corrected chi connectivity index (χ4v) is 3.37. The van der Waals surface area contributed by atoms with Crippen LogP contribution in [0.3, 0.4) is 0 Å². The summed E-state index contributed by atoms with van der Waals surface area (Å²) < 4.78 is 27.9. The van der Waals surface area contributed by atoms with Crippen LogP contribution in [0.15, 0.2) is 61.2 Å². The minimum Gasteiger partial charge on any atom is -0.298 e. The first-order valence-electron chi connectivity index (χ1n) is 8.24. The van der Waals surface area contributed by atoms with Crippen molar-refractivity contribution in [3.63, 3.8) is 0 Å². The van der Waals surface area contributed by atoms with Gasteiger partial charge in [0.05, 0.1) is 5.56 Å². The molecule has 4 rings (SSSR count). The Morgan fingerprint density at radius 1 is 1.11 bits per heavy atom. The van der Waals surface area contributed by atoms with Gasteiger partial charge in [-0.25, -0.2) is 23.4 Å². The van der Waals surface area contributed by atoms with Gasteiger partial charge in [0.2, 0.25) is 0 Å². The Morgan fingerprint density at radius 3 is 2.71 bits per heavy atom. The SMILES string of the molecule is O=C(Nc1ncc(Cc2ccc(F)c(F)c2)s1)c1ccc(-n2cccn2)nc1. The molecule has 0 aliphatic heterocycles. The normalized spacial score (nSPS) is 10.8. The van der Waals surface area contributed by atoms with E-state index in [-0.39, 0.29) is 5.91 Å². The predicted molar refractivity (Wildman–Crippen MR) is 101 cm³/mol. The van der Waals surface area contributed by atoms with E-state index >= 15 is 0 Å². The minimum atomic E-state index is -0.887. The molecule has 1 aromatic carbocycles. The van der Waals surface area contributed by atoms with Gasteiger partial charge in [-0.15, -0.1) is 11.3 Å². The molecule has 0 fully saturated rings. The number of carbonyl (C=O) groups is 1. The Bertz CT molecular complexity index is 1110. The third kappa shape index (κ3) is 3.94. The van der Waals surface area contributed by atoms with Gasteiger partial charge in [-0.05, 0) is 35.9 Å². The van der Waals surface area contributed by atoms with Crippen molar-refractivity contribution >= 4 is 22.4 Å². The van der Waals surface area contributed by atoms with Gasteiger partial charge in [-0.1, -0.05) is 6.07 Å². The number of anilines is 1. The van der Waals surface area contributed by atoms with Crippen LogP contribution in [0.1, 0.15) is 20.8 Å². The first-order valence-corrected chi connectivity index (χ1v) is 9.06. The largest absolute Gasteiger partial charge is 0.298 e. The van der Waals surface area contributed by atoms with Crippen molar-refractivity contribution < 1.29 is 13.6 Å². The van der Waals surface area contributed by atoms with E-state index in [0.717, 1.165) is 17.0 Å². The summed E-state index contributed by atoms with van der Waals surface area (Å²) in [5, 5.41) is 7.20. The average Bonchev–Trinajstić information content (AvgIpc) is 3.37. The number of halogens is 2. The highest BCUT2D eigenvalue weighted by Gasteiger charge is 2.11. The molecule has 0 bridgehead atoms. The third-order valence-corrected chi connectivity index (χ3v) is 4.80. The first kappa shape index (κ1) is 17.9. The molecule has 0 aliphatic carbocycles. The number of hydrogen-bond donors (Lipinski definition) is 1. The maximum absolute atomic E-state index is 13.3. The number of nitrogens with one attached hydrogen (secondary N) is 1. The second kappa shape index (κ2) is 7.65. The number of nitrogens with zero attached hydrogens (tertiary/aromatic N) is 4. The minimum absolute atomic E-state index is 0.340. The highest BCUT2D eigenvalue weighted by atomic mass is 32.1. The Labute approximate surface area is 162 Å². The van der Waals surface area contributed by atoms with Crippen LogP contribution in [-0.4, -0.2) is 25.7 Å². The number of hydrogen-bond acceptors (Lipinski definition) is 5. The summed E-state index contributed by atoms with van der Waals surface area (Å²) in [5.41, 5.74) is 1.01. The van der Waals surface area contributed by atoms with Gasteiger partial charge in [-0.2, -0.15) is 5.10 Å². The fourth-order valence-electron chi connectivity index (χ4n) is 2.53. The summed E-state index contributed by atoms with van der Waals surface area (Å²) in [6.07, 6.45) is 6.85. The molecular weight excluding hydrogens is 384 g/mol. The smallest absolute Gasteiger partial charge is 0.259 e. The lowest BCUT2D eigenvalue weighted by molar-refractivity contribution is 0.102. The van der Waals surface area contributed by atoms with Crippen LogP contribution in [0.2, 0.25) is 0 Å². The van der Waals surface area contributed by atoms with Gasteiger partial charge in [0.15, 0.2) is 22.6 Å². The molecule has 4 aromatic rings. The van der Waals surface area contributed by atoms with Crippen molar-refractivity contribution in [2.75, 3.05) is 5.32 Å². The summed E-state index contributed by atoms with van der Waals surface area (Å²) in [7, 11) is 0. The second-order valence-electron chi connectivity index (χ2n) is 5.87. The standard InChI is InChI=1S/C19H13F2N5OS/c20-15-4-2-12(9-16(15)21)8-14-11-23-19(28-14)25-18(27)13-3-5-17(22-10-13)26-7-1-6-24-26/h1-7,9-11H,8H2,(H,23,25,27). The Balaban J connectivity index is 1.41. The first-order chi connectivity index (χ1) is 13.6. The molecule has 0 saturated carbocycles. The van der Waals surface area contributed by atoms with Gasteiger partial charge in [0.1, 0.15) is 0 Å². The zero-order chi connectivity index (χ0) is 19.5. The van der Waals surface area contributed by atoms with Crippen LogP contribution in [0.25, 0.3) is 5.82 Å². The van der Waals surface area contributed by atoms with E-state index in [4.69, 9.17) is 0 Å². The molecule has 0 radical (unpaired) electrons. The van der Waals surface area contributed by atoms with E-state index in [1.54, 1.807) is 41.5 Å². The van der Waals surface area contributed by atoms with Crippen LogP contribution < -0.4 is 5.32 Å². The van der Waals surface area contributed by atoms with E-state index in [1.165, 1.54) is 23.6 Å². The topological polar surface area (TPSA) is 72.7 Å². The van der Waals surface area contributed by atoms with Crippen LogP contribution in [0.4, 0.5) is 13.9 Å². The van der Waals surface area contributed by atoms with Crippen molar-refractivity contribution in [2.45, 2.75) is 6.42 Å². The van der Waals surface area contributed by atoms with Crippen molar-refractivity contribution in [3.05, 3.63) is 88.8 Å². The van der Waals surface area contributed by atoms with Gasteiger partial charge in [0.25, 0.3) is 5.91 Å². The van der Waals surface area contributed by atoms with Crippen LogP contribution in [0, 0.1) is 11.6 Å². The Morgan fingerprint density at radius 2 is 2.00 bits per heavy atom. The van der Waals surface area contributed by atoms with Crippen molar-refractivity contribution in [1.29, 1.82) is 0 Å². The molecule has 0 saturated heterocycles. The summed E-state index contributed by atoms with van der Waals surface area (Å²) in [6, 6.07) is 8.88. The van der Waals surface area contributed by atoms with Crippen molar-refractivity contribution in [3.8, 4) is 5.82 Å². The predicted octanol–water partition coefficient (Wildman–Crippen LogP) is 3.85. The molecule has 28 heavy (non-hydrogen) atoms. The lowest BCUT2D eigenvalue weighted by Gasteiger charge is -2.03. The monoisotopic (exact) mass is 397 g/mol. The number of amides is 1. The highest BCUT2D eigenvalue weighted by Crippen LogP contribution is 2.22. The molecule has 0 spiro atoms. The molecule has 3 heterocycles. The lowest BCUT2D eigenvalue weighted by Crippen LogP contribution is -2.12. The van der Waals surface area contributed by atoms with Gasteiger partial charge in [-0.3, -0.25) is 10.1 Å². The lowest BCUT2D eigenvalue weighted by atomic mass is 10.1. The molecule has 0 unspecified atom stereocenters. The maximum Gasteiger partial charge on any atom is 0.259 e. The number of thiazole rings is 1. The van der Waals surface area contributed by atoms with Crippen molar-refractivity contribution in [1.82, 2.24) is 19.7 Å². The van der Waals surface area contributed by atoms with Gasteiger partial charge in [0, 0.05) is 36.1 Å². The molecule has 1 N–H and O–H groups in total. The van der Waals surface area contributed by atoms with Gasteiger partial charge < -0.3 is 0 Å². The van der Waals surface area contributed by atoms with E-state index in [0.29, 0.717) is 28.5 Å². The van der Waals surface area contributed by atoms with E-state index in [1.807, 2.05) is 0 Å². The Kier molecular flexibility index (Phi) is 4.90. The van der Waals surface area contributed by atoms with E-state index in [9.17, 15) is 13.6 Å². The van der Waals surface area contributed by atoms with Crippen LogP contribution in [0.5, 0.6) is 0 Å². The average molecular weight is 397 g/mol. The zero-order valence-corrected chi connectivity index (χ0v) is 15.2. The molecule has 6 nitrogen and oxygen atoms in total. The fraction of sp³-hybridized carbons (Fsp3) is 0.0526. The summed E-state index contributed by atoms with van der Waals surface area (Å²) in [4.78, 5) is 21.6. The molecule has 1 amide bonds.